The maximum absolute atomic E-state index is 12.6. The van der Waals surface area contributed by atoms with Gasteiger partial charge in [0, 0.05) is 50.2 Å². The van der Waals surface area contributed by atoms with E-state index in [1.165, 1.54) is 11.3 Å². The van der Waals surface area contributed by atoms with Gasteiger partial charge in [0.05, 0.1) is 5.69 Å². The second-order valence-electron chi connectivity index (χ2n) is 5.86. The van der Waals surface area contributed by atoms with Crippen molar-refractivity contribution in [2.75, 3.05) is 31.1 Å². The van der Waals surface area contributed by atoms with Gasteiger partial charge in [0.25, 0.3) is 5.91 Å². The van der Waals surface area contributed by atoms with Crippen LogP contribution in [0.2, 0.25) is 0 Å². The van der Waals surface area contributed by atoms with Crippen LogP contribution in [0.1, 0.15) is 21.6 Å². The number of carbonyl (C=O) groups excluding carboxylic acids is 1. The first kappa shape index (κ1) is 15.5. The fourth-order valence-electron chi connectivity index (χ4n) is 2.90. The Kier molecular flexibility index (Phi) is 4.57. The van der Waals surface area contributed by atoms with Crippen molar-refractivity contribution in [2.24, 2.45) is 5.73 Å². The molecule has 1 fully saturated rings. The van der Waals surface area contributed by atoms with E-state index in [4.69, 9.17) is 5.73 Å². The standard InChI is InChI=1S/C18H22N4O/c1-14-3-2-4-17(11-14)21-7-9-22(10-8-21)18(23)15-5-6-20-16(12-15)13-19/h2-6,11-12H,7-10,13,19H2,1H3. The first-order valence-electron chi connectivity index (χ1n) is 7.93. The van der Waals surface area contributed by atoms with Crippen LogP contribution in [0.3, 0.4) is 0 Å². The maximum atomic E-state index is 12.6. The van der Waals surface area contributed by atoms with Crippen LogP contribution in [0.15, 0.2) is 42.6 Å². The average Bonchev–Trinajstić information content (AvgIpc) is 2.61. The Balaban J connectivity index is 1.65. The van der Waals surface area contributed by atoms with Crippen LogP contribution in [-0.2, 0) is 6.54 Å². The van der Waals surface area contributed by atoms with E-state index < -0.39 is 0 Å². The molecule has 120 valence electrons. The minimum atomic E-state index is 0.0611. The highest BCUT2D eigenvalue weighted by Gasteiger charge is 2.22. The molecule has 5 nitrogen and oxygen atoms in total. The molecule has 2 aromatic rings. The summed E-state index contributed by atoms with van der Waals surface area (Å²) < 4.78 is 0. The number of hydrogen-bond donors (Lipinski definition) is 1. The maximum Gasteiger partial charge on any atom is 0.254 e. The number of rotatable bonds is 3. The van der Waals surface area contributed by atoms with Gasteiger partial charge in [-0.25, -0.2) is 0 Å². The topological polar surface area (TPSA) is 62.5 Å². The number of amides is 1. The summed E-state index contributed by atoms with van der Waals surface area (Å²) in [6.45, 7) is 5.61. The molecule has 0 radical (unpaired) electrons. The normalized spacial score (nSPS) is 14.9. The van der Waals surface area contributed by atoms with Crippen molar-refractivity contribution in [1.29, 1.82) is 0 Å². The highest BCUT2D eigenvalue weighted by molar-refractivity contribution is 5.94. The Bertz CT molecular complexity index is 693. The van der Waals surface area contributed by atoms with E-state index in [2.05, 4.69) is 41.1 Å². The number of benzene rings is 1. The van der Waals surface area contributed by atoms with Gasteiger partial charge < -0.3 is 15.5 Å². The van der Waals surface area contributed by atoms with Crippen LogP contribution in [0.5, 0.6) is 0 Å². The first-order valence-corrected chi connectivity index (χ1v) is 7.93. The van der Waals surface area contributed by atoms with Crippen molar-refractivity contribution < 1.29 is 4.79 Å². The van der Waals surface area contributed by atoms with Crippen molar-refractivity contribution >= 4 is 11.6 Å². The van der Waals surface area contributed by atoms with Gasteiger partial charge in [-0.1, -0.05) is 12.1 Å². The molecule has 1 aliphatic rings. The summed E-state index contributed by atoms with van der Waals surface area (Å²) in [5, 5.41) is 0. The van der Waals surface area contributed by atoms with Crippen molar-refractivity contribution in [2.45, 2.75) is 13.5 Å². The number of aromatic nitrogens is 1. The van der Waals surface area contributed by atoms with Crippen LogP contribution in [0.4, 0.5) is 5.69 Å². The van der Waals surface area contributed by atoms with E-state index in [0.717, 1.165) is 31.9 Å². The van der Waals surface area contributed by atoms with Crippen molar-refractivity contribution in [3.8, 4) is 0 Å². The predicted molar refractivity (Wildman–Crippen MR) is 91.4 cm³/mol. The molecule has 23 heavy (non-hydrogen) atoms. The molecular weight excluding hydrogens is 288 g/mol. The molecule has 0 bridgehead atoms. The number of aryl methyl sites for hydroxylation is 1. The highest BCUT2D eigenvalue weighted by atomic mass is 16.2. The lowest BCUT2D eigenvalue weighted by Crippen LogP contribution is -2.48. The zero-order chi connectivity index (χ0) is 16.2. The smallest absolute Gasteiger partial charge is 0.254 e. The van der Waals surface area contributed by atoms with Gasteiger partial charge in [-0.3, -0.25) is 9.78 Å². The summed E-state index contributed by atoms with van der Waals surface area (Å²) >= 11 is 0. The van der Waals surface area contributed by atoms with Crippen LogP contribution >= 0.6 is 0 Å². The van der Waals surface area contributed by atoms with E-state index >= 15 is 0 Å². The fourth-order valence-corrected chi connectivity index (χ4v) is 2.90. The Morgan fingerprint density at radius 1 is 1.17 bits per heavy atom. The zero-order valence-electron chi connectivity index (χ0n) is 13.4. The molecule has 2 N–H and O–H groups in total. The van der Waals surface area contributed by atoms with Crippen LogP contribution in [0.25, 0.3) is 0 Å². The third-order valence-corrected chi connectivity index (χ3v) is 4.21. The van der Waals surface area contributed by atoms with Crippen LogP contribution in [-0.4, -0.2) is 42.0 Å². The Morgan fingerprint density at radius 2 is 1.96 bits per heavy atom. The zero-order valence-corrected chi connectivity index (χ0v) is 13.4. The molecule has 0 saturated carbocycles. The lowest BCUT2D eigenvalue weighted by atomic mass is 10.1. The number of piperazine rings is 1. The third kappa shape index (κ3) is 3.51. The summed E-state index contributed by atoms with van der Waals surface area (Å²) in [5.41, 5.74) is 9.50. The summed E-state index contributed by atoms with van der Waals surface area (Å²) in [4.78, 5) is 21.0. The molecule has 0 atom stereocenters. The number of nitrogens with zero attached hydrogens (tertiary/aromatic N) is 3. The van der Waals surface area contributed by atoms with E-state index in [9.17, 15) is 4.79 Å². The summed E-state index contributed by atoms with van der Waals surface area (Å²) in [7, 11) is 0. The Hall–Kier alpha value is -2.40. The molecule has 1 aliphatic heterocycles. The summed E-state index contributed by atoms with van der Waals surface area (Å²) in [6.07, 6.45) is 1.65. The SMILES string of the molecule is Cc1cccc(N2CCN(C(=O)c3ccnc(CN)c3)CC2)c1. The quantitative estimate of drug-likeness (QED) is 0.939. The first-order chi connectivity index (χ1) is 11.2. The van der Waals surface area contributed by atoms with Gasteiger partial charge in [0.2, 0.25) is 0 Å². The number of anilines is 1. The van der Waals surface area contributed by atoms with E-state index in [1.54, 1.807) is 18.3 Å². The average molecular weight is 310 g/mol. The van der Waals surface area contributed by atoms with Gasteiger partial charge >= 0.3 is 0 Å². The minimum Gasteiger partial charge on any atom is -0.368 e. The summed E-state index contributed by atoms with van der Waals surface area (Å²) in [6, 6.07) is 12.0. The molecule has 0 spiro atoms. The number of nitrogens with two attached hydrogens (primary N) is 1. The highest BCUT2D eigenvalue weighted by Crippen LogP contribution is 2.18. The Morgan fingerprint density at radius 3 is 2.65 bits per heavy atom. The van der Waals surface area contributed by atoms with E-state index in [0.29, 0.717) is 12.1 Å². The van der Waals surface area contributed by atoms with Crippen molar-refractivity contribution in [1.82, 2.24) is 9.88 Å². The molecule has 3 rings (SSSR count). The Labute approximate surface area is 136 Å². The predicted octanol–water partition coefficient (Wildman–Crippen LogP) is 1.81. The lowest BCUT2D eigenvalue weighted by molar-refractivity contribution is 0.0746. The van der Waals surface area contributed by atoms with Gasteiger partial charge in [-0.15, -0.1) is 0 Å². The van der Waals surface area contributed by atoms with E-state index in [1.807, 2.05) is 4.90 Å². The van der Waals surface area contributed by atoms with Gasteiger partial charge in [0.15, 0.2) is 0 Å². The second kappa shape index (κ2) is 6.79. The number of carbonyl (C=O) groups is 1. The van der Waals surface area contributed by atoms with E-state index in [-0.39, 0.29) is 5.91 Å². The lowest BCUT2D eigenvalue weighted by Gasteiger charge is -2.36. The van der Waals surface area contributed by atoms with Gasteiger partial charge in [-0.2, -0.15) is 0 Å². The molecular formula is C18H22N4O. The van der Waals surface area contributed by atoms with Crippen molar-refractivity contribution in [3.63, 3.8) is 0 Å². The van der Waals surface area contributed by atoms with Gasteiger partial charge in [0.1, 0.15) is 0 Å². The minimum absolute atomic E-state index is 0.0611. The monoisotopic (exact) mass is 310 g/mol. The second-order valence-corrected chi connectivity index (χ2v) is 5.86. The van der Waals surface area contributed by atoms with Crippen molar-refractivity contribution in [3.05, 3.63) is 59.4 Å². The largest absolute Gasteiger partial charge is 0.368 e. The molecule has 0 unspecified atom stereocenters. The number of pyridine rings is 1. The van der Waals surface area contributed by atoms with Crippen LogP contribution in [0, 0.1) is 6.92 Å². The van der Waals surface area contributed by atoms with Crippen LogP contribution < -0.4 is 10.6 Å². The molecule has 1 saturated heterocycles. The van der Waals surface area contributed by atoms with Gasteiger partial charge in [-0.05, 0) is 36.8 Å². The fraction of sp³-hybridized carbons (Fsp3) is 0.333. The molecule has 1 aromatic carbocycles. The molecule has 5 heteroatoms. The summed E-state index contributed by atoms with van der Waals surface area (Å²) in [5.74, 6) is 0.0611. The molecule has 2 heterocycles. The third-order valence-electron chi connectivity index (χ3n) is 4.21. The number of hydrogen-bond acceptors (Lipinski definition) is 4. The molecule has 1 amide bonds. The molecule has 0 aliphatic carbocycles. The molecule has 1 aromatic heterocycles.